The molecule has 0 aliphatic rings. The van der Waals surface area contributed by atoms with Gasteiger partial charge < -0.3 is 5.32 Å². The van der Waals surface area contributed by atoms with Gasteiger partial charge >= 0.3 is 0 Å². The SMILES string of the molecule is CC(C)NCCCS(=O)(=O)NC(C)c1cccc(F)c1. The molecule has 0 amide bonds. The van der Waals surface area contributed by atoms with Crippen LogP contribution in [0.15, 0.2) is 24.3 Å². The van der Waals surface area contributed by atoms with Crippen LogP contribution in [0.4, 0.5) is 4.39 Å². The Morgan fingerprint density at radius 1 is 1.25 bits per heavy atom. The van der Waals surface area contributed by atoms with Crippen molar-refractivity contribution in [3.05, 3.63) is 35.6 Å². The molecular formula is C14H23FN2O2S. The zero-order valence-corrected chi connectivity index (χ0v) is 13.0. The van der Waals surface area contributed by atoms with Crippen molar-refractivity contribution in [1.82, 2.24) is 10.0 Å². The van der Waals surface area contributed by atoms with Crippen LogP contribution >= 0.6 is 0 Å². The molecule has 0 aliphatic heterocycles. The lowest BCUT2D eigenvalue weighted by Crippen LogP contribution is -2.31. The first-order valence-corrected chi connectivity index (χ1v) is 8.44. The van der Waals surface area contributed by atoms with E-state index in [0.29, 0.717) is 24.6 Å². The molecule has 4 nitrogen and oxygen atoms in total. The van der Waals surface area contributed by atoms with Crippen molar-refractivity contribution >= 4 is 10.0 Å². The van der Waals surface area contributed by atoms with Crippen molar-refractivity contribution in [2.75, 3.05) is 12.3 Å². The average molecular weight is 302 g/mol. The highest BCUT2D eigenvalue weighted by Gasteiger charge is 2.15. The third-order valence-corrected chi connectivity index (χ3v) is 4.39. The number of nitrogens with one attached hydrogen (secondary N) is 2. The van der Waals surface area contributed by atoms with Crippen molar-refractivity contribution in [2.45, 2.75) is 39.3 Å². The molecule has 1 atom stereocenters. The van der Waals surface area contributed by atoms with Crippen LogP contribution in [0.1, 0.15) is 38.8 Å². The maximum absolute atomic E-state index is 13.1. The lowest BCUT2D eigenvalue weighted by molar-refractivity contribution is 0.550. The first kappa shape index (κ1) is 17.1. The second-order valence-corrected chi connectivity index (χ2v) is 7.05. The van der Waals surface area contributed by atoms with Gasteiger partial charge in [-0.2, -0.15) is 0 Å². The van der Waals surface area contributed by atoms with Crippen molar-refractivity contribution in [3.63, 3.8) is 0 Å². The van der Waals surface area contributed by atoms with E-state index >= 15 is 0 Å². The Hall–Kier alpha value is -0.980. The van der Waals surface area contributed by atoms with Gasteiger partial charge in [-0.05, 0) is 37.6 Å². The van der Waals surface area contributed by atoms with Gasteiger partial charge in [0.15, 0.2) is 0 Å². The van der Waals surface area contributed by atoms with Crippen LogP contribution in [0.25, 0.3) is 0 Å². The summed E-state index contributed by atoms with van der Waals surface area (Å²) < 4.78 is 39.5. The van der Waals surface area contributed by atoms with E-state index in [9.17, 15) is 12.8 Å². The van der Waals surface area contributed by atoms with Crippen LogP contribution in [0.3, 0.4) is 0 Å². The molecule has 0 fully saturated rings. The fourth-order valence-corrected chi connectivity index (χ4v) is 3.14. The van der Waals surface area contributed by atoms with Gasteiger partial charge in [0.25, 0.3) is 0 Å². The molecule has 1 unspecified atom stereocenters. The molecule has 0 bridgehead atoms. The molecule has 1 rings (SSSR count). The molecule has 2 N–H and O–H groups in total. The van der Waals surface area contributed by atoms with Crippen molar-refractivity contribution in [3.8, 4) is 0 Å². The van der Waals surface area contributed by atoms with Crippen molar-refractivity contribution in [1.29, 1.82) is 0 Å². The van der Waals surface area contributed by atoms with Crippen LogP contribution < -0.4 is 10.0 Å². The number of sulfonamides is 1. The normalized spacial score (nSPS) is 13.7. The topological polar surface area (TPSA) is 58.2 Å². The third kappa shape index (κ3) is 6.45. The van der Waals surface area contributed by atoms with Gasteiger partial charge in [-0.3, -0.25) is 0 Å². The summed E-state index contributed by atoms with van der Waals surface area (Å²) in [5, 5.41) is 3.17. The van der Waals surface area contributed by atoms with Crippen LogP contribution in [0.5, 0.6) is 0 Å². The van der Waals surface area contributed by atoms with E-state index in [4.69, 9.17) is 0 Å². The quantitative estimate of drug-likeness (QED) is 0.724. The first-order valence-electron chi connectivity index (χ1n) is 6.79. The van der Waals surface area contributed by atoms with E-state index in [1.54, 1.807) is 19.1 Å². The average Bonchev–Trinajstić information content (AvgIpc) is 2.34. The maximum Gasteiger partial charge on any atom is 0.212 e. The minimum atomic E-state index is -3.35. The number of benzene rings is 1. The summed E-state index contributed by atoms with van der Waals surface area (Å²) in [6.07, 6.45) is 0.545. The smallest absolute Gasteiger partial charge is 0.212 e. The summed E-state index contributed by atoms with van der Waals surface area (Å²) in [6, 6.07) is 5.86. The molecule has 0 spiro atoms. The Bertz CT molecular complexity index is 518. The zero-order valence-electron chi connectivity index (χ0n) is 12.2. The molecule has 0 saturated carbocycles. The second kappa shape index (κ2) is 7.71. The summed E-state index contributed by atoms with van der Waals surface area (Å²) in [4.78, 5) is 0. The van der Waals surface area contributed by atoms with Crippen molar-refractivity contribution < 1.29 is 12.8 Å². The number of hydrogen-bond donors (Lipinski definition) is 2. The highest BCUT2D eigenvalue weighted by molar-refractivity contribution is 7.89. The Kier molecular flexibility index (Phi) is 6.58. The molecule has 1 aromatic carbocycles. The monoisotopic (exact) mass is 302 g/mol. The van der Waals surface area contributed by atoms with Gasteiger partial charge in [-0.15, -0.1) is 0 Å². The minimum absolute atomic E-state index is 0.0619. The largest absolute Gasteiger partial charge is 0.314 e. The molecule has 0 aromatic heterocycles. The molecule has 0 heterocycles. The maximum atomic E-state index is 13.1. The Balaban J connectivity index is 2.49. The van der Waals surface area contributed by atoms with E-state index in [1.807, 2.05) is 13.8 Å². The summed E-state index contributed by atoms with van der Waals surface area (Å²) >= 11 is 0. The van der Waals surface area contributed by atoms with E-state index in [2.05, 4.69) is 10.0 Å². The fourth-order valence-electron chi connectivity index (χ4n) is 1.83. The molecule has 114 valence electrons. The van der Waals surface area contributed by atoms with Gasteiger partial charge in [0.05, 0.1) is 5.75 Å². The highest BCUT2D eigenvalue weighted by Crippen LogP contribution is 2.14. The Labute approximate surface area is 120 Å². The summed E-state index contributed by atoms with van der Waals surface area (Å²) in [6.45, 7) is 6.39. The van der Waals surface area contributed by atoms with Crippen LogP contribution in [-0.2, 0) is 10.0 Å². The molecule has 0 aliphatic carbocycles. The van der Waals surface area contributed by atoms with Gasteiger partial charge in [0.1, 0.15) is 5.82 Å². The van der Waals surface area contributed by atoms with Crippen molar-refractivity contribution in [2.24, 2.45) is 0 Å². The van der Waals surface area contributed by atoms with Gasteiger partial charge in [0.2, 0.25) is 10.0 Å². The summed E-state index contributed by atoms with van der Waals surface area (Å²) in [5.41, 5.74) is 0.619. The molecule has 0 saturated heterocycles. The number of rotatable bonds is 8. The Morgan fingerprint density at radius 3 is 2.55 bits per heavy atom. The molecule has 0 radical (unpaired) electrons. The van der Waals surface area contributed by atoms with Crippen LogP contribution in [0.2, 0.25) is 0 Å². The Morgan fingerprint density at radius 2 is 1.95 bits per heavy atom. The molecular weight excluding hydrogens is 279 g/mol. The van der Waals surface area contributed by atoms with Crippen LogP contribution in [-0.4, -0.2) is 26.8 Å². The van der Waals surface area contributed by atoms with E-state index in [1.165, 1.54) is 12.1 Å². The standard InChI is InChI=1S/C14H23FN2O2S/c1-11(2)16-8-5-9-20(18,19)17-12(3)13-6-4-7-14(15)10-13/h4,6-7,10-12,16-17H,5,8-9H2,1-3H3. The highest BCUT2D eigenvalue weighted by atomic mass is 32.2. The lowest BCUT2D eigenvalue weighted by atomic mass is 10.1. The molecule has 6 heteroatoms. The van der Waals surface area contributed by atoms with Gasteiger partial charge in [-0.1, -0.05) is 26.0 Å². The molecule has 1 aromatic rings. The second-order valence-electron chi connectivity index (χ2n) is 5.18. The minimum Gasteiger partial charge on any atom is -0.314 e. The van der Waals surface area contributed by atoms with E-state index in [-0.39, 0.29) is 11.6 Å². The predicted molar refractivity (Wildman–Crippen MR) is 79.5 cm³/mol. The molecule has 20 heavy (non-hydrogen) atoms. The first-order chi connectivity index (χ1) is 9.30. The third-order valence-electron chi connectivity index (χ3n) is 2.85. The number of hydrogen-bond acceptors (Lipinski definition) is 3. The van der Waals surface area contributed by atoms with Gasteiger partial charge in [0, 0.05) is 12.1 Å². The van der Waals surface area contributed by atoms with Gasteiger partial charge in [-0.25, -0.2) is 17.5 Å². The number of halogens is 1. The zero-order chi connectivity index (χ0) is 15.2. The van der Waals surface area contributed by atoms with E-state index < -0.39 is 16.1 Å². The fraction of sp³-hybridized carbons (Fsp3) is 0.571. The summed E-state index contributed by atoms with van der Waals surface area (Å²) in [5.74, 6) is -0.304. The lowest BCUT2D eigenvalue weighted by Gasteiger charge is -2.15. The van der Waals surface area contributed by atoms with Crippen LogP contribution in [0, 0.1) is 5.82 Å². The predicted octanol–water partition coefficient (Wildman–Crippen LogP) is 2.19. The summed E-state index contributed by atoms with van der Waals surface area (Å²) in [7, 11) is -3.35. The van der Waals surface area contributed by atoms with E-state index in [0.717, 1.165) is 0 Å².